The van der Waals surface area contributed by atoms with Crippen molar-refractivity contribution in [2.24, 2.45) is 11.3 Å². The van der Waals surface area contributed by atoms with Gasteiger partial charge in [-0.05, 0) is 27.7 Å². The van der Waals surface area contributed by atoms with Gasteiger partial charge in [0.25, 0.3) is 0 Å². The number of aliphatic carboxylic acids is 1. The Morgan fingerprint density at radius 1 is 1.06 bits per heavy atom. The van der Waals surface area contributed by atoms with Crippen molar-refractivity contribution in [1.29, 1.82) is 0 Å². The van der Waals surface area contributed by atoms with Gasteiger partial charge in [0.2, 0.25) is 5.91 Å². The second-order valence-corrected chi connectivity index (χ2v) is 9.53. The molecule has 2 aromatic rings. The van der Waals surface area contributed by atoms with Crippen molar-refractivity contribution in [2.45, 2.75) is 33.1 Å². The minimum atomic E-state index is -0.939. The highest BCUT2D eigenvalue weighted by atomic mass is 16.5. The lowest BCUT2D eigenvalue weighted by atomic mass is 9.88. The fraction of sp³-hybridized carbons (Fsp3) is 0.423. The van der Waals surface area contributed by atoms with Crippen LogP contribution in [-0.4, -0.2) is 54.7 Å². The number of carbonyl (C=O) groups is 3. The average molecular weight is 453 g/mol. The molecule has 0 saturated carbocycles. The molecule has 0 heterocycles. The second kappa shape index (κ2) is 10.1. The third kappa shape index (κ3) is 5.92. The summed E-state index contributed by atoms with van der Waals surface area (Å²) in [7, 11) is 1.59. The summed E-state index contributed by atoms with van der Waals surface area (Å²) in [6, 6.07) is 16.3. The molecule has 176 valence electrons. The van der Waals surface area contributed by atoms with Crippen molar-refractivity contribution in [2.75, 3.05) is 26.7 Å². The first kappa shape index (κ1) is 24.3. The third-order valence-electron chi connectivity index (χ3n) is 6.08. The Kier molecular flexibility index (Phi) is 7.41. The smallest absolute Gasteiger partial charge is 0.407 e. The lowest BCUT2D eigenvalue weighted by Crippen LogP contribution is -2.40. The first-order valence-electron chi connectivity index (χ1n) is 11.1. The van der Waals surface area contributed by atoms with Crippen molar-refractivity contribution in [3.8, 4) is 11.1 Å². The molecule has 7 heteroatoms. The van der Waals surface area contributed by atoms with Crippen molar-refractivity contribution in [1.82, 2.24) is 10.2 Å². The second-order valence-electron chi connectivity index (χ2n) is 9.53. The molecule has 0 bridgehead atoms. The molecule has 33 heavy (non-hydrogen) atoms. The first-order valence-corrected chi connectivity index (χ1v) is 11.1. The molecular formula is C26H32N2O5. The lowest BCUT2D eigenvalue weighted by molar-refractivity contribution is -0.143. The predicted molar refractivity (Wildman–Crippen MR) is 126 cm³/mol. The van der Waals surface area contributed by atoms with Crippen LogP contribution in [0.4, 0.5) is 4.79 Å². The minimum Gasteiger partial charge on any atom is -0.481 e. The lowest BCUT2D eigenvalue weighted by Gasteiger charge is -2.28. The first-order chi connectivity index (χ1) is 15.6. The normalized spacial score (nSPS) is 13.6. The number of carboxylic acids is 1. The molecule has 1 atom stereocenters. The summed E-state index contributed by atoms with van der Waals surface area (Å²) in [6.07, 6.45) is -0.343. The van der Waals surface area contributed by atoms with E-state index >= 15 is 0 Å². The highest BCUT2D eigenvalue weighted by Gasteiger charge is 2.30. The number of carboxylic acid groups (broad SMARTS) is 1. The van der Waals surface area contributed by atoms with Crippen LogP contribution in [0.2, 0.25) is 0 Å². The molecule has 0 radical (unpaired) electrons. The summed E-state index contributed by atoms with van der Waals surface area (Å²) in [6.45, 7) is 5.96. The molecule has 2 N–H and O–H groups in total. The Bertz CT molecular complexity index is 987. The van der Waals surface area contributed by atoms with Crippen molar-refractivity contribution >= 4 is 18.0 Å². The van der Waals surface area contributed by atoms with Gasteiger partial charge in [-0.3, -0.25) is 9.59 Å². The van der Waals surface area contributed by atoms with E-state index in [1.807, 2.05) is 38.1 Å². The number of alkyl carbamates (subject to hydrolysis) is 1. The molecule has 1 aliphatic rings. The zero-order valence-electron chi connectivity index (χ0n) is 19.6. The van der Waals surface area contributed by atoms with Crippen molar-refractivity contribution in [3.05, 3.63) is 59.7 Å². The largest absolute Gasteiger partial charge is 0.481 e. The van der Waals surface area contributed by atoms with E-state index in [0.717, 1.165) is 11.1 Å². The van der Waals surface area contributed by atoms with Crippen molar-refractivity contribution in [3.63, 3.8) is 0 Å². The number of nitrogens with one attached hydrogen (secondary N) is 1. The standard InChI is InChI=1S/C26H32N2O5/c1-17(24(30)31)14-28(4)23(29)13-26(2,3)16-27-25(32)33-15-22-20-11-7-5-9-18(20)19-10-6-8-12-21(19)22/h5-12,17,22H,13-16H2,1-4H3,(H,27,32)(H,30,31). The van der Waals surface area contributed by atoms with E-state index in [-0.39, 0.29) is 37.9 Å². The fourth-order valence-electron chi connectivity index (χ4n) is 4.16. The molecule has 3 rings (SSSR count). The van der Waals surface area contributed by atoms with E-state index in [1.54, 1.807) is 14.0 Å². The van der Waals surface area contributed by atoms with Gasteiger partial charge < -0.3 is 20.1 Å². The molecule has 2 aromatic carbocycles. The Labute approximate surface area is 194 Å². The number of ether oxygens (including phenoxy) is 1. The van der Waals surface area contributed by atoms with E-state index in [2.05, 4.69) is 29.6 Å². The van der Waals surface area contributed by atoms with Crippen molar-refractivity contribution < 1.29 is 24.2 Å². The summed E-state index contributed by atoms with van der Waals surface area (Å²) in [4.78, 5) is 37.3. The molecular weight excluding hydrogens is 420 g/mol. The number of benzene rings is 2. The minimum absolute atomic E-state index is 0.0115. The molecule has 7 nitrogen and oxygen atoms in total. The average Bonchev–Trinajstić information content (AvgIpc) is 3.09. The summed E-state index contributed by atoms with van der Waals surface area (Å²) < 4.78 is 5.56. The van der Waals surface area contributed by atoms with Gasteiger partial charge in [-0.1, -0.05) is 69.3 Å². The van der Waals surface area contributed by atoms with E-state index in [9.17, 15) is 14.4 Å². The number of amides is 2. The zero-order valence-corrected chi connectivity index (χ0v) is 19.6. The summed E-state index contributed by atoms with van der Waals surface area (Å²) >= 11 is 0. The summed E-state index contributed by atoms with van der Waals surface area (Å²) in [5.74, 6) is -1.75. The maximum Gasteiger partial charge on any atom is 0.407 e. The maximum atomic E-state index is 12.5. The number of carbonyl (C=O) groups excluding carboxylic acids is 2. The molecule has 2 amide bonds. The van der Waals surface area contributed by atoms with Crippen LogP contribution in [-0.2, 0) is 14.3 Å². The van der Waals surface area contributed by atoms with E-state index in [0.29, 0.717) is 0 Å². The van der Waals surface area contributed by atoms with Gasteiger partial charge in [-0.15, -0.1) is 0 Å². The molecule has 0 saturated heterocycles. The summed E-state index contributed by atoms with van der Waals surface area (Å²) in [5.41, 5.74) is 4.13. The van der Waals surface area contributed by atoms with Crippen LogP contribution in [0.5, 0.6) is 0 Å². The Hall–Kier alpha value is -3.35. The van der Waals surface area contributed by atoms with Gasteiger partial charge in [0.05, 0.1) is 5.92 Å². The van der Waals surface area contributed by atoms with Crippen LogP contribution in [0, 0.1) is 11.3 Å². The van der Waals surface area contributed by atoms with E-state index < -0.39 is 23.4 Å². The fourth-order valence-corrected chi connectivity index (χ4v) is 4.16. The molecule has 1 aliphatic carbocycles. The zero-order chi connectivity index (χ0) is 24.2. The van der Waals surface area contributed by atoms with Crippen LogP contribution in [0.3, 0.4) is 0 Å². The van der Waals surface area contributed by atoms with E-state index in [1.165, 1.54) is 16.0 Å². The number of nitrogens with zero attached hydrogens (tertiary/aromatic N) is 1. The molecule has 0 spiro atoms. The molecule has 0 aliphatic heterocycles. The monoisotopic (exact) mass is 452 g/mol. The Morgan fingerprint density at radius 2 is 1.61 bits per heavy atom. The number of hydrogen-bond donors (Lipinski definition) is 2. The Morgan fingerprint density at radius 3 is 2.15 bits per heavy atom. The van der Waals surface area contributed by atoms with Gasteiger partial charge in [-0.2, -0.15) is 0 Å². The van der Waals surface area contributed by atoms with Gasteiger partial charge in [-0.25, -0.2) is 4.79 Å². The molecule has 0 fully saturated rings. The van der Waals surface area contributed by atoms with Crippen LogP contribution in [0.15, 0.2) is 48.5 Å². The Balaban J connectivity index is 1.51. The predicted octanol–water partition coefficient (Wildman–Crippen LogP) is 4.12. The molecule has 1 unspecified atom stereocenters. The molecule has 0 aromatic heterocycles. The topological polar surface area (TPSA) is 95.9 Å². The van der Waals surface area contributed by atoms with Gasteiger partial charge >= 0.3 is 12.1 Å². The SMILES string of the molecule is CC(CN(C)C(=O)CC(C)(C)CNC(=O)OCC1c2ccccc2-c2ccccc21)C(=O)O. The quantitative estimate of drug-likeness (QED) is 0.597. The van der Waals surface area contributed by atoms with E-state index in [4.69, 9.17) is 9.84 Å². The van der Waals surface area contributed by atoms with Crippen LogP contribution in [0.25, 0.3) is 11.1 Å². The maximum absolute atomic E-state index is 12.5. The van der Waals surface area contributed by atoms with Crippen LogP contribution < -0.4 is 5.32 Å². The third-order valence-corrected chi connectivity index (χ3v) is 6.08. The highest BCUT2D eigenvalue weighted by Crippen LogP contribution is 2.44. The van der Waals surface area contributed by atoms with Gasteiger partial charge in [0.15, 0.2) is 0 Å². The summed E-state index contributed by atoms with van der Waals surface area (Å²) in [5, 5.41) is 11.8. The number of fused-ring (bicyclic) bond motifs is 3. The highest BCUT2D eigenvalue weighted by molar-refractivity contribution is 5.79. The van der Waals surface area contributed by atoms with Gasteiger partial charge in [0.1, 0.15) is 6.61 Å². The van der Waals surface area contributed by atoms with Gasteiger partial charge in [0, 0.05) is 32.5 Å². The van der Waals surface area contributed by atoms with Crippen LogP contribution >= 0.6 is 0 Å². The van der Waals surface area contributed by atoms with Crippen LogP contribution in [0.1, 0.15) is 44.2 Å². The number of hydrogen-bond acceptors (Lipinski definition) is 4. The number of rotatable bonds is 9.